The van der Waals surface area contributed by atoms with Gasteiger partial charge in [0.1, 0.15) is 0 Å². The van der Waals surface area contributed by atoms with Crippen molar-refractivity contribution in [3.8, 4) is 0 Å². The van der Waals surface area contributed by atoms with Gasteiger partial charge in [-0.25, -0.2) is 8.42 Å². The van der Waals surface area contributed by atoms with E-state index in [1.807, 2.05) is 14.0 Å². The molecule has 1 N–H and O–H groups in total. The van der Waals surface area contributed by atoms with E-state index in [4.69, 9.17) is 4.74 Å². The highest BCUT2D eigenvalue weighted by Crippen LogP contribution is 2.17. The molecule has 0 spiro atoms. The number of sulfone groups is 1. The van der Waals surface area contributed by atoms with Gasteiger partial charge >= 0.3 is 0 Å². The van der Waals surface area contributed by atoms with Gasteiger partial charge in [0.25, 0.3) is 0 Å². The summed E-state index contributed by atoms with van der Waals surface area (Å²) in [4.78, 5) is 0. The average molecular weight is 235 g/mol. The van der Waals surface area contributed by atoms with E-state index >= 15 is 0 Å². The zero-order chi connectivity index (χ0) is 11.3. The van der Waals surface area contributed by atoms with Crippen LogP contribution in [-0.4, -0.2) is 45.7 Å². The summed E-state index contributed by atoms with van der Waals surface area (Å²) in [6.07, 6.45) is 2.16. The summed E-state index contributed by atoms with van der Waals surface area (Å²) in [6.45, 7) is 3.17. The first-order valence-corrected chi connectivity index (χ1v) is 7.28. The molecule has 1 atom stereocenters. The smallest absolute Gasteiger partial charge is 0.154 e. The Labute approximate surface area is 92.3 Å². The molecule has 0 aromatic rings. The Hall–Kier alpha value is -0.130. The molecule has 0 aliphatic carbocycles. The number of hydrogen-bond donors (Lipinski definition) is 1. The first-order chi connectivity index (χ1) is 7.10. The van der Waals surface area contributed by atoms with Gasteiger partial charge in [-0.3, -0.25) is 0 Å². The third-order valence-corrected chi connectivity index (χ3v) is 5.36. The fourth-order valence-corrected chi connectivity index (χ4v) is 4.00. The van der Waals surface area contributed by atoms with Crippen LogP contribution in [0.25, 0.3) is 0 Å². The van der Waals surface area contributed by atoms with Crippen molar-refractivity contribution in [2.45, 2.75) is 37.5 Å². The fourth-order valence-electron chi connectivity index (χ4n) is 1.86. The fraction of sp³-hybridized carbons (Fsp3) is 1.00. The van der Waals surface area contributed by atoms with Crippen LogP contribution in [0.5, 0.6) is 0 Å². The van der Waals surface area contributed by atoms with Gasteiger partial charge in [-0.05, 0) is 26.3 Å². The molecule has 1 saturated heterocycles. The molecule has 90 valence electrons. The van der Waals surface area contributed by atoms with Gasteiger partial charge in [0, 0.05) is 19.3 Å². The Morgan fingerprint density at radius 1 is 1.40 bits per heavy atom. The summed E-state index contributed by atoms with van der Waals surface area (Å²) in [5, 5.41) is 2.85. The lowest BCUT2D eigenvalue weighted by molar-refractivity contribution is 0.0983. The minimum Gasteiger partial charge on any atom is -0.381 e. The lowest BCUT2D eigenvalue weighted by Crippen LogP contribution is -2.38. The van der Waals surface area contributed by atoms with Crippen molar-refractivity contribution in [1.82, 2.24) is 5.32 Å². The third kappa shape index (κ3) is 3.74. The maximum atomic E-state index is 12.0. The molecule has 4 nitrogen and oxygen atoms in total. The second-order valence-corrected chi connectivity index (χ2v) is 6.36. The Bertz CT molecular complexity index is 266. The molecule has 5 heteroatoms. The highest BCUT2D eigenvalue weighted by Gasteiger charge is 2.29. The third-order valence-electron chi connectivity index (χ3n) is 3.01. The van der Waals surface area contributed by atoms with E-state index < -0.39 is 9.84 Å². The molecule has 0 saturated carbocycles. The molecule has 1 aliphatic rings. The van der Waals surface area contributed by atoms with E-state index in [0.717, 1.165) is 6.42 Å². The van der Waals surface area contributed by atoms with E-state index in [1.54, 1.807) is 0 Å². The van der Waals surface area contributed by atoms with Crippen LogP contribution in [-0.2, 0) is 14.6 Å². The van der Waals surface area contributed by atoms with Crippen LogP contribution in [0.3, 0.4) is 0 Å². The molecule has 1 unspecified atom stereocenters. The predicted octanol–water partition coefficient (Wildman–Crippen LogP) is 0.578. The van der Waals surface area contributed by atoms with E-state index in [-0.39, 0.29) is 17.0 Å². The monoisotopic (exact) mass is 235 g/mol. The van der Waals surface area contributed by atoms with Crippen LogP contribution in [0, 0.1) is 0 Å². The molecule has 1 heterocycles. The molecule has 1 aliphatic heterocycles. The number of nitrogens with one attached hydrogen (secondary N) is 1. The van der Waals surface area contributed by atoms with Gasteiger partial charge in [-0.1, -0.05) is 6.92 Å². The summed E-state index contributed by atoms with van der Waals surface area (Å²) in [5.41, 5.74) is 0. The van der Waals surface area contributed by atoms with E-state index in [1.165, 1.54) is 0 Å². The average Bonchev–Trinajstić information content (AvgIpc) is 2.27. The highest BCUT2D eigenvalue weighted by atomic mass is 32.2. The Morgan fingerprint density at radius 3 is 2.47 bits per heavy atom. The maximum absolute atomic E-state index is 12.0. The second kappa shape index (κ2) is 5.82. The van der Waals surface area contributed by atoms with Crippen molar-refractivity contribution >= 4 is 9.84 Å². The minimum atomic E-state index is -2.95. The molecule has 0 bridgehead atoms. The second-order valence-electron chi connectivity index (χ2n) is 4.04. The SMILES string of the molecule is CCC(CS(=O)(=O)C1CCOCC1)NC. The number of hydrogen-bond acceptors (Lipinski definition) is 4. The number of rotatable bonds is 5. The minimum absolute atomic E-state index is 0.0813. The first-order valence-electron chi connectivity index (χ1n) is 5.56. The predicted molar refractivity (Wildman–Crippen MR) is 60.8 cm³/mol. The Morgan fingerprint density at radius 2 is 2.00 bits per heavy atom. The van der Waals surface area contributed by atoms with Crippen molar-refractivity contribution in [3.05, 3.63) is 0 Å². The largest absolute Gasteiger partial charge is 0.381 e. The van der Waals surface area contributed by atoms with Gasteiger partial charge in [-0.15, -0.1) is 0 Å². The van der Waals surface area contributed by atoms with Crippen LogP contribution in [0.15, 0.2) is 0 Å². The maximum Gasteiger partial charge on any atom is 0.154 e. The van der Waals surface area contributed by atoms with Crippen LogP contribution < -0.4 is 5.32 Å². The molecule has 0 aromatic heterocycles. The molecule has 0 amide bonds. The lowest BCUT2D eigenvalue weighted by Gasteiger charge is -2.24. The van der Waals surface area contributed by atoms with Crippen LogP contribution in [0.1, 0.15) is 26.2 Å². The molecule has 0 radical (unpaired) electrons. The standard InChI is InChI=1S/C10H21NO3S/c1-3-9(11-2)8-15(12,13)10-4-6-14-7-5-10/h9-11H,3-8H2,1-2H3. The van der Waals surface area contributed by atoms with Gasteiger partial charge < -0.3 is 10.1 Å². The van der Waals surface area contributed by atoms with Gasteiger partial charge in [0.2, 0.25) is 0 Å². The van der Waals surface area contributed by atoms with Gasteiger partial charge in [0.15, 0.2) is 9.84 Å². The van der Waals surface area contributed by atoms with Crippen molar-refractivity contribution in [2.24, 2.45) is 0 Å². The van der Waals surface area contributed by atoms with Crippen molar-refractivity contribution in [1.29, 1.82) is 0 Å². The lowest BCUT2D eigenvalue weighted by atomic mass is 10.2. The normalized spacial score (nSPS) is 21.5. The van der Waals surface area contributed by atoms with E-state index in [2.05, 4.69) is 5.32 Å². The van der Waals surface area contributed by atoms with Crippen molar-refractivity contribution in [3.63, 3.8) is 0 Å². The molecule has 1 fully saturated rings. The Balaban J connectivity index is 2.56. The zero-order valence-corrected chi connectivity index (χ0v) is 10.3. The van der Waals surface area contributed by atoms with E-state index in [9.17, 15) is 8.42 Å². The highest BCUT2D eigenvalue weighted by molar-refractivity contribution is 7.92. The van der Waals surface area contributed by atoms with Crippen LogP contribution in [0.4, 0.5) is 0 Å². The van der Waals surface area contributed by atoms with Gasteiger partial charge in [-0.2, -0.15) is 0 Å². The quantitative estimate of drug-likeness (QED) is 0.757. The zero-order valence-electron chi connectivity index (χ0n) is 9.53. The van der Waals surface area contributed by atoms with Crippen LogP contribution in [0.2, 0.25) is 0 Å². The summed E-state index contributed by atoms with van der Waals surface area (Å²) in [5.74, 6) is 0.255. The topological polar surface area (TPSA) is 55.4 Å². The Kier molecular flexibility index (Phi) is 5.02. The molecule has 1 rings (SSSR count). The number of ether oxygens (including phenoxy) is 1. The van der Waals surface area contributed by atoms with Gasteiger partial charge in [0.05, 0.1) is 11.0 Å². The molecule has 15 heavy (non-hydrogen) atoms. The van der Waals surface area contributed by atoms with E-state index in [0.29, 0.717) is 26.1 Å². The summed E-state index contributed by atoms with van der Waals surface area (Å²) in [6, 6.07) is 0.0813. The summed E-state index contributed by atoms with van der Waals surface area (Å²) < 4.78 is 29.2. The first kappa shape index (κ1) is 12.9. The molecule has 0 aromatic carbocycles. The van der Waals surface area contributed by atoms with Crippen molar-refractivity contribution < 1.29 is 13.2 Å². The molecular formula is C10H21NO3S. The summed E-state index contributed by atoms with van der Waals surface area (Å²) in [7, 11) is -1.14. The molecular weight excluding hydrogens is 214 g/mol. The van der Waals surface area contributed by atoms with Crippen molar-refractivity contribution in [2.75, 3.05) is 26.0 Å². The summed E-state index contributed by atoms with van der Waals surface area (Å²) >= 11 is 0. The van der Waals surface area contributed by atoms with Crippen LogP contribution >= 0.6 is 0 Å².